The molecule has 2 rings (SSSR count). The van der Waals surface area contributed by atoms with Gasteiger partial charge in [0, 0.05) is 24.4 Å². The zero-order valence-electron chi connectivity index (χ0n) is 11.0. The van der Waals surface area contributed by atoms with Crippen molar-refractivity contribution in [2.24, 2.45) is 5.92 Å². The fourth-order valence-electron chi connectivity index (χ4n) is 2.09. The van der Waals surface area contributed by atoms with Crippen molar-refractivity contribution in [2.45, 2.75) is 39.2 Å². The maximum absolute atomic E-state index is 12.0. The molecule has 4 nitrogen and oxygen atoms in total. The molecule has 1 atom stereocenters. The topological polar surface area (TPSA) is 54.0 Å². The van der Waals surface area contributed by atoms with E-state index in [9.17, 15) is 4.79 Å². The average molecular weight is 267 g/mol. The average Bonchev–Trinajstić information content (AvgIpc) is 2.78. The Labute approximate surface area is 112 Å². The minimum atomic E-state index is -0.0324. The predicted octanol–water partition coefficient (Wildman–Crippen LogP) is 1.82. The molecular weight excluding hydrogens is 246 g/mol. The molecule has 1 saturated heterocycles. The summed E-state index contributed by atoms with van der Waals surface area (Å²) in [4.78, 5) is 16.4. The first-order valence-electron chi connectivity index (χ1n) is 6.61. The number of carbonyl (C=O) groups excluding carboxylic acids is 1. The number of hydrogen-bond donors (Lipinski definition) is 2. The van der Waals surface area contributed by atoms with Gasteiger partial charge in [0.05, 0.1) is 5.01 Å². The molecule has 0 aromatic carbocycles. The van der Waals surface area contributed by atoms with E-state index in [2.05, 4.69) is 29.5 Å². The Morgan fingerprint density at radius 2 is 2.50 bits per heavy atom. The summed E-state index contributed by atoms with van der Waals surface area (Å²) in [6.07, 6.45) is 3.13. The zero-order chi connectivity index (χ0) is 13.0. The summed E-state index contributed by atoms with van der Waals surface area (Å²) < 4.78 is 0. The summed E-state index contributed by atoms with van der Waals surface area (Å²) >= 11 is 1.58. The fraction of sp³-hybridized carbons (Fsp3) is 0.692. The Kier molecular flexibility index (Phi) is 4.72. The molecule has 18 heavy (non-hydrogen) atoms. The Balaban J connectivity index is 1.89. The van der Waals surface area contributed by atoms with E-state index >= 15 is 0 Å². The lowest BCUT2D eigenvalue weighted by molar-refractivity contribution is 0.0926. The minimum absolute atomic E-state index is 0.0324. The standard InChI is InChI=1S/C13H21N3OS/c1-9(2)6-12-16-11(8-18-12)13(17)15-10-4-3-5-14-7-10/h8-10,14H,3-7H2,1-2H3,(H,15,17). The van der Waals surface area contributed by atoms with Crippen LogP contribution >= 0.6 is 11.3 Å². The molecule has 0 bridgehead atoms. The van der Waals surface area contributed by atoms with Crippen LogP contribution in [0, 0.1) is 5.92 Å². The minimum Gasteiger partial charge on any atom is -0.347 e. The second-order valence-electron chi connectivity index (χ2n) is 5.24. The second-order valence-corrected chi connectivity index (χ2v) is 6.18. The lowest BCUT2D eigenvalue weighted by atomic mass is 10.1. The van der Waals surface area contributed by atoms with Crippen molar-refractivity contribution in [2.75, 3.05) is 13.1 Å². The van der Waals surface area contributed by atoms with Gasteiger partial charge in [-0.15, -0.1) is 11.3 Å². The third kappa shape index (κ3) is 3.78. The number of aromatic nitrogens is 1. The quantitative estimate of drug-likeness (QED) is 0.875. The molecule has 0 aliphatic carbocycles. The van der Waals surface area contributed by atoms with Gasteiger partial charge in [-0.1, -0.05) is 13.8 Å². The number of rotatable bonds is 4. The van der Waals surface area contributed by atoms with Gasteiger partial charge in [-0.2, -0.15) is 0 Å². The van der Waals surface area contributed by atoms with Crippen molar-refractivity contribution >= 4 is 17.2 Å². The van der Waals surface area contributed by atoms with Gasteiger partial charge >= 0.3 is 0 Å². The highest BCUT2D eigenvalue weighted by Crippen LogP contribution is 2.14. The molecule has 2 heterocycles. The molecule has 1 aliphatic heterocycles. The molecule has 1 fully saturated rings. The van der Waals surface area contributed by atoms with Crippen molar-refractivity contribution in [3.8, 4) is 0 Å². The van der Waals surface area contributed by atoms with Crippen molar-refractivity contribution < 1.29 is 4.79 Å². The third-order valence-electron chi connectivity index (χ3n) is 3.00. The van der Waals surface area contributed by atoms with Gasteiger partial charge in [0.1, 0.15) is 5.69 Å². The number of carbonyl (C=O) groups is 1. The van der Waals surface area contributed by atoms with Gasteiger partial charge in [-0.05, 0) is 25.3 Å². The molecule has 1 amide bonds. The van der Waals surface area contributed by atoms with Crippen LogP contribution in [0.15, 0.2) is 5.38 Å². The predicted molar refractivity (Wildman–Crippen MR) is 74.0 cm³/mol. The maximum atomic E-state index is 12.0. The first-order chi connectivity index (χ1) is 8.65. The second kappa shape index (κ2) is 6.29. The summed E-state index contributed by atoms with van der Waals surface area (Å²) in [5.41, 5.74) is 0.571. The highest BCUT2D eigenvalue weighted by atomic mass is 32.1. The first kappa shape index (κ1) is 13.5. The Hall–Kier alpha value is -0.940. The molecule has 1 aromatic rings. The van der Waals surface area contributed by atoms with E-state index in [1.807, 2.05) is 5.38 Å². The molecular formula is C13H21N3OS. The van der Waals surface area contributed by atoms with Crippen molar-refractivity contribution in [3.05, 3.63) is 16.1 Å². The molecule has 1 aliphatic rings. The molecule has 0 radical (unpaired) electrons. The SMILES string of the molecule is CC(C)Cc1nc(C(=O)NC2CCCNC2)cs1. The van der Waals surface area contributed by atoms with Crippen LogP contribution in [0.5, 0.6) is 0 Å². The maximum Gasteiger partial charge on any atom is 0.271 e. The van der Waals surface area contributed by atoms with Crippen molar-refractivity contribution in [1.29, 1.82) is 0 Å². The number of thiazole rings is 1. The summed E-state index contributed by atoms with van der Waals surface area (Å²) in [6, 6.07) is 0.251. The van der Waals surface area contributed by atoms with E-state index in [0.717, 1.165) is 37.4 Å². The number of hydrogen-bond acceptors (Lipinski definition) is 4. The van der Waals surface area contributed by atoms with Crippen LogP contribution in [-0.2, 0) is 6.42 Å². The highest BCUT2D eigenvalue weighted by molar-refractivity contribution is 7.09. The third-order valence-corrected chi connectivity index (χ3v) is 3.87. The Morgan fingerprint density at radius 3 is 3.17 bits per heavy atom. The smallest absolute Gasteiger partial charge is 0.271 e. The van der Waals surface area contributed by atoms with Crippen LogP contribution in [0.1, 0.15) is 42.2 Å². The van der Waals surface area contributed by atoms with E-state index in [-0.39, 0.29) is 11.9 Å². The Bertz CT molecular complexity index is 397. The van der Waals surface area contributed by atoms with E-state index in [1.165, 1.54) is 0 Å². The lowest BCUT2D eigenvalue weighted by Crippen LogP contribution is -2.45. The molecule has 100 valence electrons. The largest absolute Gasteiger partial charge is 0.347 e. The monoisotopic (exact) mass is 267 g/mol. The highest BCUT2D eigenvalue weighted by Gasteiger charge is 2.18. The number of piperidine rings is 1. The van der Waals surface area contributed by atoms with E-state index < -0.39 is 0 Å². The summed E-state index contributed by atoms with van der Waals surface area (Å²) in [7, 11) is 0. The lowest BCUT2D eigenvalue weighted by Gasteiger charge is -2.23. The summed E-state index contributed by atoms with van der Waals surface area (Å²) in [5.74, 6) is 0.546. The van der Waals surface area contributed by atoms with Gasteiger partial charge in [-0.3, -0.25) is 4.79 Å². The summed E-state index contributed by atoms with van der Waals surface area (Å²) in [6.45, 7) is 6.25. The first-order valence-corrected chi connectivity index (χ1v) is 7.49. The zero-order valence-corrected chi connectivity index (χ0v) is 11.8. The van der Waals surface area contributed by atoms with E-state index in [0.29, 0.717) is 11.6 Å². The Morgan fingerprint density at radius 1 is 1.67 bits per heavy atom. The van der Waals surface area contributed by atoms with Crippen LogP contribution in [0.25, 0.3) is 0 Å². The van der Waals surface area contributed by atoms with Crippen LogP contribution in [0.2, 0.25) is 0 Å². The van der Waals surface area contributed by atoms with Gasteiger partial charge in [0.2, 0.25) is 0 Å². The molecule has 0 saturated carbocycles. The van der Waals surface area contributed by atoms with Gasteiger partial charge in [0.25, 0.3) is 5.91 Å². The van der Waals surface area contributed by atoms with E-state index in [4.69, 9.17) is 0 Å². The summed E-state index contributed by atoms with van der Waals surface area (Å²) in [5, 5.41) is 9.25. The van der Waals surface area contributed by atoms with Crippen molar-refractivity contribution in [1.82, 2.24) is 15.6 Å². The normalized spacial score (nSPS) is 20.1. The van der Waals surface area contributed by atoms with Crippen LogP contribution in [-0.4, -0.2) is 30.0 Å². The van der Waals surface area contributed by atoms with Gasteiger partial charge < -0.3 is 10.6 Å². The molecule has 5 heteroatoms. The van der Waals surface area contributed by atoms with Crippen LogP contribution in [0.4, 0.5) is 0 Å². The van der Waals surface area contributed by atoms with Crippen LogP contribution < -0.4 is 10.6 Å². The molecule has 0 spiro atoms. The van der Waals surface area contributed by atoms with E-state index in [1.54, 1.807) is 11.3 Å². The number of nitrogens with one attached hydrogen (secondary N) is 2. The van der Waals surface area contributed by atoms with Gasteiger partial charge in [0.15, 0.2) is 0 Å². The molecule has 2 N–H and O–H groups in total. The molecule has 1 unspecified atom stereocenters. The number of nitrogens with zero attached hydrogens (tertiary/aromatic N) is 1. The van der Waals surface area contributed by atoms with Crippen LogP contribution in [0.3, 0.4) is 0 Å². The van der Waals surface area contributed by atoms with Gasteiger partial charge in [-0.25, -0.2) is 4.98 Å². The fourth-order valence-corrected chi connectivity index (χ4v) is 3.08. The number of amides is 1. The van der Waals surface area contributed by atoms with Crippen molar-refractivity contribution in [3.63, 3.8) is 0 Å². The molecule has 1 aromatic heterocycles.